The van der Waals surface area contributed by atoms with Crippen LogP contribution in [0.3, 0.4) is 0 Å². The number of amides is 2. The normalized spacial score (nSPS) is 21.1. The van der Waals surface area contributed by atoms with E-state index in [2.05, 4.69) is 5.32 Å². The molecule has 0 radical (unpaired) electrons. The number of nitrogens with one attached hydrogen (secondary N) is 1. The van der Waals surface area contributed by atoms with Gasteiger partial charge in [0.2, 0.25) is 5.91 Å². The van der Waals surface area contributed by atoms with Crippen molar-refractivity contribution in [2.75, 3.05) is 18.4 Å². The Morgan fingerprint density at radius 3 is 2.62 bits per heavy atom. The van der Waals surface area contributed by atoms with Crippen LogP contribution in [0, 0.1) is 5.41 Å². The Balaban J connectivity index is 2.14. The minimum Gasteiger partial charge on any atom is -0.481 e. The van der Waals surface area contributed by atoms with Gasteiger partial charge < -0.3 is 15.3 Å². The van der Waals surface area contributed by atoms with Gasteiger partial charge in [-0.3, -0.25) is 14.4 Å². The van der Waals surface area contributed by atoms with Crippen LogP contribution in [0.15, 0.2) is 24.3 Å². The molecular formula is C15H18N2O4. The number of carbonyl (C=O) groups excluding carboxylic acids is 2. The minimum absolute atomic E-state index is 0.200. The Labute approximate surface area is 122 Å². The van der Waals surface area contributed by atoms with Gasteiger partial charge >= 0.3 is 5.97 Å². The van der Waals surface area contributed by atoms with E-state index in [0.717, 1.165) is 0 Å². The van der Waals surface area contributed by atoms with Crippen molar-refractivity contribution in [2.45, 2.75) is 20.3 Å². The molecule has 112 valence electrons. The average Bonchev–Trinajstić information content (AvgIpc) is 2.81. The van der Waals surface area contributed by atoms with Crippen molar-refractivity contribution in [3.8, 4) is 0 Å². The quantitative estimate of drug-likeness (QED) is 0.885. The third-order valence-electron chi connectivity index (χ3n) is 3.71. The Kier molecular flexibility index (Phi) is 3.97. The molecule has 6 nitrogen and oxygen atoms in total. The number of hydrogen-bond acceptors (Lipinski definition) is 3. The Morgan fingerprint density at radius 2 is 2.05 bits per heavy atom. The number of hydrogen-bond donors (Lipinski definition) is 2. The van der Waals surface area contributed by atoms with E-state index < -0.39 is 11.4 Å². The third-order valence-corrected chi connectivity index (χ3v) is 3.71. The van der Waals surface area contributed by atoms with Crippen LogP contribution in [-0.4, -0.2) is 40.9 Å². The fourth-order valence-electron chi connectivity index (χ4n) is 2.42. The summed E-state index contributed by atoms with van der Waals surface area (Å²) in [4.78, 5) is 36.2. The van der Waals surface area contributed by atoms with Crippen molar-refractivity contribution in [1.29, 1.82) is 0 Å². The second-order valence-electron chi connectivity index (χ2n) is 5.60. The van der Waals surface area contributed by atoms with Gasteiger partial charge in [-0.25, -0.2) is 0 Å². The Bertz CT molecular complexity index is 599. The highest BCUT2D eigenvalue weighted by Gasteiger charge is 2.42. The Morgan fingerprint density at radius 1 is 1.33 bits per heavy atom. The number of carboxylic acid groups (broad SMARTS) is 1. The molecule has 1 fully saturated rings. The topological polar surface area (TPSA) is 86.7 Å². The summed E-state index contributed by atoms with van der Waals surface area (Å²) >= 11 is 0. The molecule has 1 heterocycles. The number of anilines is 1. The molecule has 0 aliphatic carbocycles. The third kappa shape index (κ3) is 3.21. The molecule has 21 heavy (non-hydrogen) atoms. The van der Waals surface area contributed by atoms with Gasteiger partial charge in [0.15, 0.2) is 0 Å². The first-order valence-corrected chi connectivity index (χ1v) is 6.72. The number of benzene rings is 1. The maximum atomic E-state index is 12.4. The summed E-state index contributed by atoms with van der Waals surface area (Å²) in [5.41, 5.74) is 0.106. The van der Waals surface area contributed by atoms with Crippen LogP contribution < -0.4 is 5.32 Å². The lowest BCUT2D eigenvalue weighted by molar-refractivity contribution is -0.147. The summed E-state index contributed by atoms with van der Waals surface area (Å²) in [7, 11) is 0. The van der Waals surface area contributed by atoms with Crippen LogP contribution in [-0.2, 0) is 9.59 Å². The lowest BCUT2D eigenvalue weighted by atomic mass is 9.90. The molecule has 2 amide bonds. The van der Waals surface area contributed by atoms with Crippen LogP contribution >= 0.6 is 0 Å². The van der Waals surface area contributed by atoms with Crippen LogP contribution in [0.2, 0.25) is 0 Å². The van der Waals surface area contributed by atoms with E-state index in [1.54, 1.807) is 36.1 Å². The van der Waals surface area contributed by atoms with Gasteiger partial charge in [-0.05, 0) is 31.5 Å². The summed E-state index contributed by atoms with van der Waals surface area (Å²) in [5.74, 6) is -1.31. The smallest absolute Gasteiger partial charge is 0.311 e. The first kappa shape index (κ1) is 15.0. The largest absolute Gasteiger partial charge is 0.481 e. The van der Waals surface area contributed by atoms with Crippen molar-refractivity contribution >= 4 is 23.5 Å². The molecule has 1 atom stereocenters. The van der Waals surface area contributed by atoms with Crippen LogP contribution in [0.25, 0.3) is 0 Å². The molecule has 1 saturated heterocycles. The van der Waals surface area contributed by atoms with Gasteiger partial charge in [-0.1, -0.05) is 6.07 Å². The predicted molar refractivity (Wildman–Crippen MR) is 77.0 cm³/mol. The lowest BCUT2D eigenvalue weighted by Gasteiger charge is -2.20. The van der Waals surface area contributed by atoms with Gasteiger partial charge in [0.25, 0.3) is 5.91 Å². The standard InChI is InChI=1S/C15H18N2O4/c1-10(18)16-12-5-3-4-11(8-12)13(19)17-7-6-15(2,9-17)14(20)21/h3-5,8H,6-7,9H2,1-2H3,(H,16,18)(H,20,21). The number of carbonyl (C=O) groups is 3. The molecule has 0 bridgehead atoms. The van der Waals surface area contributed by atoms with Crippen molar-refractivity contribution in [3.05, 3.63) is 29.8 Å². The van der Waals surface area contributed by atoms with Gasteiger partial charge in [-0.15, -0.1) is 0 Å². The van der Waals surface area contributed by atoms with Crippen LogP contribution in [0.1, 0.15) is 30.6 Å². The van der Waals surface area contributed by atoms with Crippen LogP contribution in [0.4, 0.5) is 5.69 Å². The molecule has 1 aromatic rings. The highest BCUT2D eigenvalue weighted by molar-refractivity contribution is 5.97. The lowest BCUT2D eigenvalue weighted by Crippen LogP contribution is -2.34. The molecule has 0 aromatic heterocycles. The average molecular weight is 290 g/mol. The maximum Gasteiger partial charge on any atom is 0.311 e. The van der Waals surface area contributed by atoms with E-state index in [0.29, 0.717) is 24.2 Å². The van der Waals surface area contributed by atoms with Gasteiger partial charge in [-0.2, -0.15) is 0 Å². The number of likely N-dealkylation sites (tertiary alicyclic amines) is 1. The van der Waals surface area contributed by atoms with Crippen LogP contribution in [0.5, 0.6) is 0 Å². The molecule has 0 saturated carbocycles. The molecule has 2 rings (SSSR count). The van der Waals surface area contributed by atoms with Crippen molar-refractivity contribution in [1.82, 2.24) is 4.90 Å². The Hall–Kier alpha value is -2.37. The van der Waals surface area contributed by atoms with Crippen molar-refractivity contribution in [2.24, 2.45) is 5.41 Å². The maximum absolute atomic E-state index is 12.4. The molecule has 6 heteroatoms. The number of rotatable bonds is 3. The van der Waals surface area contributed by atoms with Crippen molar-refractivity contribution in [3.63, 3.8) is 0 Å². The predicted octanol–water partition coefficient (Wildman–Crippen LogP) is 1.58. The summed E-state index contributed by atoms with van der Waals surface area (Å²) in [6.07, 6.45) is 0.444. The molecule has 0 spiro atoms. The first-order valence-electron chi connectivity index (χ1n) is 6.72. The zero-order chi connectivity index (χ0) is 15.6. The summed E-state index contributed by atoms with van der Waals surface area (Å²) in [6.45, 7) is 3.67. The second-order valence-corrected chi connectivity index (χ2v) is 5.60. The van der Waals surface area contributed by atoms with Gasteiger partial charge in [0.05, 0.1) is 5.41 Å². The fraction of sp³-hybridized carbons (Fsp3) is 0.400. The van der Waals surface area contributed by atoms with E-state index in [-0.39, 0.29) is 18.4 Å². The summed E-state index contributed by atoms with van der Waals surface area (Å²) < 4.78 is 0. The molecule has 1 aromatic carbocycles. The van der Waals surface area contributed by atoms with E-state index in [1.165, 1.54) is 6.92 Å². The zero-order valence-electron chi connectivity index (χ0n) is 12.0. The number of nitrogens with zero attached hydrogens (tertiary/aromatic N) is 1. The first-order chi connectivity index (χ1) is 9.82. The van der Waals surface area contributed by atoms with E-state index in [4.69, 9.17) is 0 Å². The number of aliphatic carboxylic acids is 1. The molecule has 1 unspecified atom stereocenters. The second kappa shape index (κ2) is 5.55. The highest BCUT2D eigenvalue weighted by Crippen LogP contribution is 2.31. The van der Waals surface area contributed by atoms with E-state index in [1.807, 2.05) is 0 Å². The SMILES string of the molecule is CC(=O)Nc1cccc(C(=O)N2CCC(C)(C(=O)O)C2)c1. The van der Waals surface area contributed by atoms with Crippen molar-refractivity contribution < 1.29 is 19.5 Å². The molecule has 1 aliphatic rings. The zero-order valence-corrected chi connectivity index (χ0v) is 12.0. The van der Waals surface area contributed by atoms with Gasteiger partial charge in [0.1, 0.15) is 0 Å². The summed E-state index contributed by atoms with van der Waals surface area (Å²) in [6, 6.07) is 6.64. The monoisotopic (exact) mass is 290 g/mol. The van der Waals surface area contributed by atoms with Gasteiger partial charge in [0, 0.05) is 31.3 Å². The molecule has 2 N–H and O–H groups in total. The highest BCUT2D eigenvalue weighted by atomic mass is 16.4. The number of carboxylic acids is 1. The summed E-state index contributed by atoms with van der Waals surface area (Å²) in [5, 5.41) is 11.8. The van der Waals surface area contributed by atoms with E-state index in [9.17, 15) is 19.5 Å². The minimum atomic E-state index is -0.884. The fourth-order valence-corrected chi connectivity index (χ4v) is 2.42. The van der Waals surface area contributed by atoms with E-state index >= 15 is 0 Å². The molecular weight excluding hydrogens is 272 g/mol. The molecule has 1 aliphatic heterocycles.